The Balaban J connectivity index is 2.05. The quantitative estimate of drug-likeness (QED) is 0.748. The van der Waals surface area contributed by atoms with Crippen LogP contribution in [0.5, 0.6) is 0 Å². The lowest BCUT2D eigenvalue weighted by Gasteiger charge is -2.01. The first kappa shape index (κ1) is 12.6. The van der Waals surface area contributed by atoms with Crippen LogP contribution in [0.1, 0.15) is 11.1 Å². The predicted molar refractivity (Wildman–Crippen MR) is 82.6 cm³/mol. The number of nitrogens with one attached hydrogen (secondary N) is 1. The smallest absolute Gasteiger partial charge is 0.283 e. The average Bonchev–Trinajstić information content (AvgIpc) is 2.98. The number of halogens is 1. The van der Waals surface area contributed by atoms with E-state index in [-0.39, 0.29) is 4.90 Å². The molecule has 0 saturated heterocycles. The number of nitrogens with zero attached hydrogens (tertiary/aromatic N) is 1. The van der Waals surface area contributed by atoms with Crippen molar-refractivity contribution >= 4 is 38.2 Å². The Morgan fingerprint density at radius 3 is 2.71 bits per heavy atom. The van der Waals surface area contributed by atoms with Crippen molar-refractivity contribution in [1.82, 2.24) is 4.98 Å². The monoisotopic (exact) mass is 316 g/mol. The van der Waals surface area contributed by atoms with E-state index in [0.29, 0.717) is 16.3 Å². The summed E-state index contributed by atoms with van der Waals surface area (Å²) in [4.78, 5) is 3.36. The Bertz CT molecular complexity index is 1020. The molecule has 6 heteroatoms. The molecule has 104 valence electrons. The number of H-pyrrole nitrogens is 1. The molecule has 0 atom stereocenters. The molecule has 1 aliphatic heterocycles. The van der Waals surface area contributed by atoms with Gasteiger partial charge in [-0.15, -0.1) is 0 Å². The summed E-state index contributed by atoms with van der Waals surface area (Å²) in [6.45, 7) is 0. The second-order valence-electron chi connectivity index (χ2n) is 4.80. The highest BCUT2D eigenvalue weighted by molar-refractivity contribution is 7.90. The predicted octanol–water partition coefficient (Wildman–Crippen LogP) is 3.36. The first-order chi connectivity index (χ1) is 10.1. The number of rotatable bonds is 1. The van der Waals surface area contributed by atoms with Crippen LogP contribution in [0.4, 0.5) is 0 Å². The van der Waals surface area contributed by atoms with E-state index in [9.17, 15) is 8.42 Å². The van der Waals surface area contributed by atoms with Crippen LogP contribution in [0, 0.1) is 0 Å². The van der Waals surface area contributed by atoms with E-state index in [1.54, 1.807) is 42.6 Å². The van der Waals surface area contributed by atoms with Crippen molar-refractivity contribution in [2.45, 2.75) is 4.90 Å². The number of fused-ring (bicyclic) bond motifs is 2. The number of benzene rings is 2. The Morgan fingerprint density at radius 1 is 1.05 bits per heavy atom. The van der Waals surface area contributed by atoms with Gasteiger partial charge >= 0.3 is 0 Å². The minimum Gasteiger partial charge on any atom is -0.360 e. The lowest BCUT2D eigenvalue weighted by Crippen LogP contribution is -1.99. The van der Waals surface area contributed by atoms with Crippen LogP contribution in [0.3, 0.4) is 0 Å². The van der Waals surface area contributed by atoms with E-state index in [4.69, 9.17) is 11.6 Å². The van der Waals surface area contributed by atoms with Gasteiger partial charge in [-0.25, -0.2) is 0 Å². The largest absolute Gasteiger partial charge is 0.360 e. The van der Waals surface area contributed by atoms with Crippen molar-refractivity contribution in [3.8, 4) is 0 Å². The molecule has 0 unspecified atom stereocenters. The maximum atomic E-state index is 12.1. The topological polar surface area (TPSA) is 62.3 Å². The van der Waals surface area contributed by atoms with Crippen LogP contribution >= 0.6 is 11.6 Å². The molecule has 1 aromatic heterocycles. The summed E-state index contributed by atoms with van der Waals surface area (Å²) in [5.74, 6) is 0. The van der Waals surface area contributed by atoms with Gasteiger partial charge in [0, 0.05) is 33.2 Å². The zero-order valence-corrected chi connectivity index (χ0v) is 12.2. The molecule has 1 N–H and O–H groups in total. The van der Waals surface area contributed by atoms with Crippen LogP contribution in [0.15, 0.2) is 58.0 Å². The molecule has 0 aliphatic carbocycles. The van der Waals surface area contributed by atoms with Gasteiger partial charge in [0.05, 0.1) is 10.6 Å². The zero-order valence-electron chi connectivity index (χ0n) is 10.7. The van der Waals surface area contributed by atoms with Crippen molar-refractivity contribution in [2.24, 2.45) is 4.40 Å². The zero-order chi connectivity index (χ0) is 14.6. The second kappa shape index (κ2) is 4.19. The van der Waals surface area contributed by atoms with Crippen molar-refractivity contribution in [2.75, 3.05) is 0 Å². The van der Waals surface area contributed by atoms with Crippen molar-refractivity contribution in [3.63, 3.8) is 0 Å². The van der Waals surface area contributed by atoms with Gasteiger partial charge in [0.15, 0.2) is 0 Å². The van der Waals surface area contributed by atoms with Crippen molar-refractivity contribution in [1.29, 1.82) is 0 Å². The van der Waals surface area contributed by atoms with Crippen LogP contribution < -0.4 is 0 Å². The summed E-state index contributed by atoms with van der Waals surface area (Å²) in [7, 11) is -3.62. The first-order valence-electron chi connectivity index (χ1n) is 6.28. The molecular weight excluding hydrogens is 308 g/mol. The molecule has 21 heavy (non-hydrogen) atoms. The van der Waals surface area contributed by atoms with E-state index in [1.165, 1.54) is 0 Å². The Morgan fingerprint density at radius 2 is 1.86 bits per heavy atom. The maximum Gasteiger partial charge on any atom is 0.283 e. The second-order valence-corrected chi connectivity index (χ2v) is 6.81. The SMILES string of the molecule is O=S1(=O)N=C(c2c[nH]c3ccc(Cl)cc23)c2ccccc21. The fourth-order valence-corrected chi connectivity index (χ4v) is 3.99. The van der Waals surface area contributed by atoms with E-state index >= 15 is 0 Å². The number of hydrogen-bond donors (Lipinski definition) is 1. The average molecular weight is 317 g/mol. The fraction of sp³-hybridized carbons (Fsp3) is 0. The van der Waals surface area contributed by atoms with Crippen LogP contribution in [-0.2, 0) is 10.0 Å². The van der Waals surface area contributed by atoms with Gasteiger partial charge in [0.25, 0.3) is 10.0 Å². The molecule has 1 aliphatic rings. The molecule has 4 nitrogen and oxygen atoms in total. The summed E-state index contributed by atoms with van der Waals surface area (Å²) in [6, 6.07) is 12.3. The third-order valence-electron chi connectivity index (χ3n) is 3.53. The van der Waals surface area contributed by atoms with Gasteiger partial charge in [0.1, 0.15) is 0 Å². The number of hydrogen-bond acceptors (Lipinski definition) is 2. The minimum atomic E-state index is -3.62. The van der Waals surface area contributed by atoms with Gasteiger partial charge in [-0.05, 0) is 24.3 Å². The Labute approximate surface area is 126 Å². The first-order valence-corrected chi connectivity index (χ1v) is 8.09. The Kier molecular flexibility index (Phi) is 2.52. The summed E-state index contributed by atoms with van der Waals surface area (Å²) in [6.07, 6.45) is 1.76. The molecule has 0 amide bonds. The third-order valence-corrected chi connectivity index (χ3v) is 5.10. The summed E-state index contributed by atoms with van der Waals surface area (Å²) < 4.78 is 28.2. The highest BCUT2D eigenvalue weighted by Gasteiger charge is 2.30. The molecule has 2 aromatic carbocycles. The van der Waals surface area contributed by atoms with E-state index < -0.39 is 10.0 Å². The number of aromatic amines is 1. The number of sulfonamides is 1. The third kappa shape index (κ3) is 1.81. The van der Waals surface area contributed by atoms with Crippen LogP contribution in [0.25, 0.3) is 10.9 Å². The lowest BCUT2D eigenvalue weighted by atomic mass is 10.0. The maximum absolute atomic E-state index is 12.1. The molecule has 0 fully saturated rings. The normalized spacial score (nSPS) is 16.0. The van der Waals surface area contributed by atoms with Gasteiger partial charge < -0.3 is 4.98 Å². The lowest BCUT2D eigenvalue weighted by molar-refractivity contribution is 0.599. The molecule has 0 bridgehead atoms. The Hall–Kier alpha value is -2.11. The van der Waals surface area contributed by atoms with Gasteiger partial charge in [-0.2, -0.15) is 12.8 Å². The summed E-state index contributed by atoms with van der Waals surface area (Å²) >= 11 is 6.04. The highest BCUT2D eigenvalue weighted by Crippen LogP contribution is 2.32. The van der Waals surface area contributed by atoms with Gasteiger partial charge in [-0.1, -0.05) is 29.8 Å². The summed E-state index contributed by atoms with van der Waals surface area (Å²) in [5, 5.41) is 1.45. The van der Waals surface area contributed by atoms with Crippen molar-refractivity contribution in [3.05, 3.63) is 64.8 Å². The van der Waals surface area contributed by atoms with Crippen LogP contribution in [-0.4, -0.2) is 19.1 Å². The van der Waals surface area contributed by atoms with Crippen LogP contribution in [0.2, 0.25) is 5.02 Å². The molecule has 2 heterocycles. The molecule has 4 rings (SSSR count). The van der Waals surface area contributed by atoms with E-state index in [0.717, 1.165) is 16.5 Å². The van der Waals surface area contributed by atoms with Crippen molar-refractivity contribution < 1.29 is 8.42 Å². The molecule has 3 aromatic rings. The minimum absolute atomic E-state index is 0.247. The highest BCUT2D eigenvalue weighted by atomic mass is 35.5. The van der Waals surface area contributed by atoms with E-state index in [1.807, 2.05) is 6.07 Å². The summed E-state index contributed by atoms with van der Waals surface area (Å²) in [5.41, 5.74) is 2.71. The van der Waals surface area contributed by atoms with Gasteiger partial charge in [-0.3, -0.25) is 0 Å². The molecule has 0 spiro atoms. The molecule has 0 saturated carbocycles. The van der Waals surface area contributed by atoms with Gasteiger partial charge in [0.2, 0.25) is 0 Å². The molecule has 0 radical (unpaired) electrons. The standard InChI is InChI=1S/C15H9ClN2O2S/c16-9-5-6-13-11(7-9)12(8-17-13)15-10-3-1-2-4-14(10)21(19,20)18-15/h1-8,17H. The van der Waals surface area contributed by atoms with E-state index in [2.05, 4.69) is 9.38 Å². The molecular formula is C15H9ClN2O2S. The fourth-order valence-electron chi connectivity index (χ4n) is 2.59. The number of aromatic nitrogens is 1.